The molecule has 0 atom stereocenters. The maximum absolute atomic E-state index is 13.2. The number of carbonyl (C=O) groups excluding carboxylic acids is 2. The fourth-order valence-corrected chi connectivity index (χ4v) is 3.96. The van der Waals surface area contributed by atoms with Crippen LogP contribution in [-0.2, 0) is 4.74 Å². The zero-order chi connectivity index (χ0) is 25.7. The van der Waals surface area contributed by atoms with Gasteiger partial charge in [-0.2, -0.15) is 0 Å². The number of nitrogen functional groups attached to an aromatic ring is 1. The zero-order valence-electron chi connectivity index (χ0n) is 20.7. The number of nitrogens with one attached hydrogen (secondary N) is 1. The number of benzene rings is 2. The average molecular weight is 490 g/mol. The fraction of sp³-hybridized carbons (Fsp3) is 0.333. The molecule has 1 aliphatic rings. The molecule has 2 amide bonds. The van der Waals surface area contributed by atoms with E-state index >= 15 is 0 Å². The summed E-state index contributed by atoms with van der Waals surface area (Å²) in [5.74, 6) is 1.26. The van der Waals surface area contributed by atoms with Gasteiger partial charge in [-0.3, -0.25) is 4.79 Å². The molecule has 1 aromatic heterocycles. The van der Waals surface area contributed by atoms with Crippen LogP contribution >= 0.6 is 0 Å². The molecule has 9 heteroatoms. The van der Waals surface area contributed by atoms with Crippen LogP contribution in [0.1, 0.15) is 44.1 Å². The summed E-state index contributed by atoms with van der Waals surface area (Å²) in [6, 6.07) is 16.6. The van der Waals surface area contributed by atoms with Gasteiger partial charge < -0.3 is 25.4 Å². The number of piperidine rings is 1. The fourth-order valence-electron chi connectivity index (χ4n) is 3.96. The second-order valence-corrected chi connectivity index (χ2v) is 9.64. The largest absolute Gasteiger partial charge is 0.457 e. The third-order valence-electron chi connectivity index (χ3n) is 5.70. The molecule has 2 aromatic carbocycles. The Hall–Kier alpha value is -4.14. The highest BCUT2D eigenvalue weighted by atomic mass is 16.6. The molecule has 1 fully saturated rings. The Kier molecular flexibility index (Phi) is 7.38. The van der Waals surface area contributed by atoms with E-state index in [1.165, 1.54) is 6.33 Å². The lowest BCUT2D eigenvalue weighted by Gasteiger charge is -2.33. The number of anilines is 1. The smallest absolute Gasteiger partial charge is 0.410 e. The number of hydrogen-bond acceptors (Lipinski definition) is 7. The first-order valence-electron chi connectivity index (χ1n) is 11.9. The Morgan fingerprint density at radius 2 is 1.61 bits per heavy atom. The van der Waals surface area contributed by atoms with Crippen LogP contribution in [-0.4, -0.2) is 51.6 Å². The van der Waals surface area contributed by atoms with E-state index < -0.39 is 5.60 Å². The highest BCUT2D eigenvalue weighted by molar-refractivity contribution is 6.01. The number of amides is 2. The van der Waals surface area contributed by atoms with Crippen molar-refractivity contribution in [3.8, 4) is 22.6 Å². The van der Waals surface area contributed by atoms with Gasteiger partial charge in [-0.25, -0.2) is 14.8 Å². The summed E-state index contributed by atoms with van der Waals surface area (Å²) in [7, 11) is 0. The van der Waals surface area contributed by atoms with Crippen LogP contribution in [0.5, 0.6) is 11.5 Å². The molecule has 188 valence electrons. The van der Waals surface area contributed by atoms with Gasteiger partial charge in [0.2, 0.25) is 0 Å². The van der Waals surface area contributed by atoms with Gasteiger partial charge in [0.15, 0.2) is 0 Å². The quantitative estimate of drug-likeness (QED) is 0.535. The first-order valence-corrected chi connectivity index (χ1v) is 11.9. The molecule has 0 saturated carbocycles. The molecular weight excluding hydrogens is 458 g/mol. The number of carbonyl (C=O) groups is 2. The van der Waals surface area contributed by atoms with E-state index in [1.54, 1.807) is 4.90 Å². The predicted molar refractivity (Wildman–Crippen MR) is 137 cm³/mol. The van der Waals surface area contributed by atoms with E-state index in [4.69, 9.17) is 15.2 Å². The lowest BCUT2D eigenvalue weighted by atomic mass is 10.0. The van der Waals surface area contributed by atoms with Crippen LogP contribution in [0.15, 0.2) is 60.9 Å². The molecule has 0 radical (unpaired) electrons. The molecule has 4 rings (SSSR count). The van der Waals surface area contributed by atoms with Crippen molar-refractivity contribution in [2.45, 2.75) is 45.3 Å². The Morgan fingerprint density at radius 1 is 0.972 bits per heavy atom. The predicted octanol–water partition coefficient (Wildman–Crippen LogP) is 4.65. The third-order valence-corrected chi connectivity index (χ3v) is 5.70. The standard InChI is InChI=1S/C27H31N5O4/c1-27(2,3)36-26(34)32-15-13-19(14-16-32)31-25(33)23-22(24(28)30-17-29-23)18-9-11-21(12-10-18)35-20-7-5-4-6-8-20/h4-12,17,19H,13-16H2,1-3H3,(H,31,33)(H2,28,29,30). The average Bonchev–Trinajstić information content (AvgIpc) is 2.84. The minimum absolute atomic E-state index is 0.0955. The lowest BCUT2D eigenvalue weighted by molar-refractivity contribution is 0.0199. The number of ether oxygens (including phenoxy) is 2. The first-order chi connectivity index (χ1) is 17.2. The molecule has 0 spiro atoms. The Morgan fingerprint density at radius 3 is 2.25 bits per heavy atom. The van der Waals surface area contributed by atoms with Gasteiger partial charge in [-0.15, -0.1) is 0 Å². The number of hydrogen-bond donors (Lipinski definition) is 2. The zero-order valence-corrected chi connectivity index (χ0v) is 20.7. The monoisotopic (exact) mass is 489 g/mol. The highest BCUT2D eigenvalue weighted by Gasteiger charge is 2.28. The highest BCUT2D eigenvalue weighted by Crippen LogP contribution is 2.30. The van der Waals surface area contributed by atoms with E-state index in [-0.39, 0.29) is 29.6 Å². The number of rotatable bonds is 5. The van der Waals surface area contributed by atoms with Crippen LogP contribution < -0.4 is 15.8 Å². The van der Waals surface area contributed by atoms with Crippen molar-refractivity contribution in [1.82, 2.24) is 20.2 Å². The maximum Gasteiger partial charge on any atom is 0.410 e. The van der Waals surface area contributed by atoms with E-state index in [1.807, 2.05) is 75.4 Å². The summed E-state index contributed by atoms with van der Waals surface area (Å²) in [4.78, 5) is 35.5. The third kappa shape index (κ3) is 6.29. The van der Waals surface area contributed by atoms with Crippen molar-refractivity contribution in [1.29, 1.82) is 0 Å². The Labute approximate surface area is 210 Å². The molecule has 3 aromatic rings. The molecule has 9 nitrogen and oxygen atoms in total. The summed E-state index contributed by atoms with van der Waals surface area (Å²) in [5, 5.41) is 3.04. The van der Waals surface area contributed by atoms with Crippen molar-refractivity contribution in [2.24, 2.45) is 0 Å². The van der Waals surface area contributed by atoms with Gasteiger partial charge >= 0.3 is 6.09 Å². The maximum atomic E-state index is 13.2. The van der Waals surface area contributed by atoms with Crippen LogP contribution in [0.2, 0.25) is 0 Å². The van der Waals surface area contributed by atoms with E-state index in [0.717, 1.165) is 5.75 Å². The van der Waals surface area contributed by atoms with Gasteiger partial charge in [0, 0.05) is 19.1 Å². The van der Waals surface area contributed by atoms with Crippen molar-refractivity contribution in [2.75, 3.05) is 18.8 Å². The summed E-state index contributed by atoms with van der Waals surface area (Å²) in [6.07, 6.45) is 2.18. The van der Waals surface area contributed by atoms with Crippen LogP contribution in [0.3, 0.4) is 0 Å². The number of nitrogens with two attached hydrogens (primary N) is 1. The molecule has 3 N–H and O–H groups in total. The Bertz CT molecular complexity index is 1200. The van der Waals surface area contributed by atoms with Crippen molar-refractivity contribution in [3.63, 3.8) is 0 Å². The van der Waals surface area contributed by atoms with Gasteiger partial charge in [0.25, 0.3) is 5.91 Å². The van der Waals surface area contributed by atoms with E-state index in [0.29, 0.717) is 42.8 Å². The second kappa shape index (κ2) is 10.6. The molecule has 1 aliphatic heterocycles. The number of aromatic nitrogens is 2. The number of para-hydroxylation sites is 1. The van der Waals surface area contributed by atoms with Gasteiger partial charge in [0.1, 0.15) is 34.9 Å². The molecule has 2 heterocycles. The summed E-state index contributed by atoms with van der Waals surface area (Å²) in [6.45, 7) is 6.52. The molecule has 0 aliphatic carbocycles. The summed E-state index contributed by atoms with van der Waals surface area (Å²) < 4.78 is 11.3. The number of likely N-dealkylation sites (tertiary alicyclic amines) is 1. The molecule has 1 saturated heterocycles. The van der Waals surface area contributed by atoms with Gasteiger partial charge in [0.05, 0.1) is 5.56 Å². The van der Waals surface area contributed by atoms with Crippen LogP contribution in [0, 0.1) is 0 Å². The first kappa shape index (κ1) is 25.0. The van der Waals surface area contributed by atoms with Crippen molar-refractivity contribution < 1.29 is 19.1 Å². The van der Waals surface area contributed by atoms with Crippen LogP contribution in [0.25, 0.3) is 11.1 Å². The van der Waals surface area contributed by atoms with Crippen molar-refractivity contribution in [3.05, 3.63) is 66.6 Å². The summed E-state index contributed by atoms with van der Waals surface area (Å²) >= 11 is 0. The second-order valence-electron chi connectivity index (χ2n) is 9.64. The number of nitrogens with zero attached hydrogens (tertiary/aromatic N) is 3. The van der Waals surface area contributed by atoms with Gasteiger partial charge in [-0.05, 0) is 63.4 Å². The molecule has 0 unspecified atom stereocenters. The van der Waals surface area contributed by atoms with Gasteiger partial charge in [-0.1, -0.05) is 30.3 Å². The van der Waals surface area contributed by atoms with E-state index in [9.17, 15) is 9.59 Å². The lowest BCUT2D eigenvalue weighted by Crippen LogP contribution is -2.48. The Balaban J connectivity index is 1.43. The topological polar surface area (TPSA) is 120 Å². The van der Waals surface area contributed by atoms with E-state index in [2.05, 4.69) is 15.3 Å². The minimum Gasteiger partial charge on any atom is -0.457 e. The molecule has 36 heavy (non-hydrogen) atoms. The summed E-state index contributed by atoms with van der Waals surface area (Å²) in [5.41, 5.74) is 7.00. The van der Waals surface area contributed by atoms with Crippen molar-refractivity contribution >= 4 is 17.8 Å². The van der Waals surface area contributed by atoms with Crippen LogP contribution in [0.4, 0.5) is 10.6 Å². The molecular formula is C27H31N5O4. The SMILES string of the molecule is CC(C)(C)OC(=O)N1CCC(NC(=O)c2ncnc(N)c2-c2ccc(Oc3ccccc3)cc2)CC1. The minimum atomic E-state index is -0.544. The normalized spacial score (nSPS) is 14.2. The molecule has 0 bridgehead atoms.